The molecule has 0 aliphatic carbocycles. The molecule has 0 aliphatic rings. The molecule has 2 heterocycles. The molecule has 0 radical (unpaired) electrons. The summed E-state index contributed by atoms with van der Waals surface area (Å²) >= 11 is 1.74. The number of unbranched alkanes of at least 4 members (excludes halogenated alkanes) is 2. The van der Waals surface area contributed by atoms with Gasteiger partial charge in [0.05, 0.1) is 7.11 Å². The van der Waals surface area contributed by atoms with Gasteiger partial charge in [0.15, 0.2) is 5.78 Å². The Balaban J connectivity index is 2.01. The van der Waals surface area contributed by atoms with Crippen molar-refractivity contribution in [3.05, 3.63) is 73.6 Å². The van der Waals surface area contributed by atoms with Gasteiger partial charge in [-0.05, 0) is 50.3 Å². The molecule has 2 rings (SSSR count). The van der Waals surface area contributed by atoms with Crippen molar-refractivity contribution in [3.8, 4) is 5.75 Å². The highest BCUT2D eigenvalue weighted by Gasteiger charge is 2.22. The highest BCUT2D eigenvalue weighted by Crippen LogP contribution is 2.26. The predicted octanol–water partition coefficient (Wildman–Crippen LogP) is 6.26. The molecule has 0 bridgehead atoms. The van der Waals surface area contributed by atoms with E-state index in [1.165, 1.54) is 43.5 Å². The van der Waals surface area contributed by atoms with E-state index in [1.807, 2.05) is 6.92 Å². The summed E-state index contributed by atoms with van der Waals surface area (Å²) in [5, 5.41) is 12.9. The third-order valence-corrected chi connectivity index (χ3v) is 6.81. The third-order valence-electron chi connectivity index (χ3n) is 5.64. The van der Waals surface area contributed by atoms with Crippen LogP contribution in [-0.4, -0.2) is 24.1 Å². The number of ether oxygens (including phenoxy) is 1. The van der Waals surface area contributed by atoms with Crippen LogP contribution in [0.15, 0.2) is 51.3 Å². The zero-order valence-electron chi connectivity index (χ0n) is 20.9. The largest absolute Gasteiger partial charge is 0.507 e. The van der Waals surface area contributed by atoms with Gasteiger partial charge in [0.25, 0.3) is 0 Å². The van der Waals surface area contributed by atoms with E-state index >= 15 is 0 Å². The van der Waals surface area contributed by atoms with Gasteiger partial charge in [-0.25, -0.2) is 9.59 Å². The van der Waals surface area contributed by atoms with Crippen molar-refractivity contribution in [1.82, 2.24) is 5.32 Å². The Morgan fingerprint density at radius 2 is 2.00 bits per heavy atom. The number of aromatic hydroxyl groups is 1. The van der Waals surface area contributed by atoms with Gasteiger partial charge in [0.1, 0.15) is 17.1 Å². The highest BCUT2D eigenvalue weighted by atomic mass is 32.1. The first-order valence-corrected chi connectivity index (χ1v) is 12.7. The standard InChI is InChI=1S/C27H35NO6S/c1-5-6-7-11-20-14-15-21(35-20)13-12-19(3)25(30)24-22(29)17-23(34-26(24)31)18(2)10-8-9-16-28-27(32)33-4/h9,12,14-18,29H,5-8,10-11,13H2,1-4H3,(H,28,32)/b16-9+,19-12-. The molecule has 1 unspecified atom stereocenters. The minimum Gasteiger partial charge on any atom is -0.507 e. The molecule has 0 aromatic carbocycles. The Morgan fingerprint density at radius 3 is 2.69 bits per heavy atom. The number of rotatable bonds is 13. The molecule has 0 fully saturated rings. The summed E-state index contributed by atoms with van der Waals surface area (Å²) in [6, 6.07) is 5.54. The maximum atomic E-state index is 12.9. The second-order valence-corrected chi connectivity index (χ2v) is 9.71. The van der Waals surface area contributed by atoms with Crippen LogP contribution in [0.5, 0.6) is 5.75 Å². The molecular formula is C27H35NO6S. The van der Waals surface area contributed by atoms with Gasteiger partial charge in [-0.3, -0.25) is 10.1 Å². The molecule has 2 aromatic heterocycles. The molecule has 2 aromatic rings. The predicted molar refractivity (Wildman–Crippen MR) is 138 cm³/mol. The Hall–Kier alpha value is -3.13. The van der Waals surface area contributed by atoms with Gasteiger partial charge < -0.3 is 14.3 Å². The van der Waals surface area contributed by atoms with Crippen LogP contribution in [0.3, 0.4) is 0 Å². The van der Waals surface area contributed by atoms with Crippen LogP contribution in [0.2, 0.25) is 0 Å². The summed E-state index contributed by atoms with van der Waals surface area (Å²) in [5.41, 5.74) is -0.803. The molecule has 0 aliphatic heterocycles. The number of amides is 1. The van der Waals surface area contributed by atoms with Crippen LogP contribution in [0, 0.1) is 0 Å². The summed E-state index contributed by atoms with van der Waals surface area (Å²) < 4.78 is 9.84. The van der Waals surface area contributed by atoms with Gasteiger partial charge in [-0.15, -0.1) is 11.3 Å². The van der Waals surface area contributed by atoms with E-state index in [1.54, 1.807) is 30.4 Å². The van der Waals surface area contributed by atoms with E-state index in [4.69, 9.17) is 4.42 Å². The number of hydrogen-bond acceptors (Lipinski definition) is 7. The number of allylic oxidation sites excluding steroid dienone is 3. The topological polar surface area (TPSA) is 106 Å². The number of nitrogens with one attached hydrogen (secondary N) is 1. The smallest absolute Gasteiger partial charge is 0.410 e. The number of aryl methyl sites for hydroxylation is 1. The van der Waals surface area contributed by atoms with E-state index in [9.17, 15) is 19.5 Å². The lowest BCUT2D eigenvalue weighted by Gasteiger charge is -2.11. The van der Waals surface area contributed by atoms with Gasteiger partial charge in [-0.2, -0.15) is 0 Å². The van der Waals surface area contributed by atoms with Gasteiger partial charge >= 0.3 is 11.7 Å². The van der Waals surface area contributed by atoms with E-state index < -0.39 is 17.5 Å². The highest BCUT2D eigenvalue weighted by molar-refractivity contribution is 7.12. The number of thiophene rings is 1. The van der Waals surface area contributed by atoms with Gasteiger partial charge in [0, 0.05) is 34.4 Å². The Kier molecular flexibility index (Phi) is 11.5. The molecule has 0 saturated carbocycles. The number of hydrogen-bond donors (Lipinski definition) is 2. The van der Waals surface area contributed by atoms with E-state index in [2.05, 4.69) is 29.1 Å². The molecule has 8 heteroatoms. The summed E-state index contributed by atoms with van der Waals surface area (Å²) in [4.78, 5) is 38.9. The fourth-order valence-electron chi connectivity index (χ4n) is 3.47. The van der Waals surface area contributed by atoms with Crippen LogP contribution < -0.4 is 10.9 Å². The second kappa shape index (κ2) is 14.3. The molecular weight excluding hydrogens is 466 g/mol. The third kappa shape index (κ3) is 8.87. The lowest BCUT2D eigenvalue weighted by molar-refractivity contribution is 0.102. The molecule has 0 spiro atoms. The number of alkyl carbamates (subject to hydrolysis) is 1. The zero-order chi connectivity index (χ0) is 25.8. The Labute approximate surface area is 210 Å². The van der Waals surface area contributed by atoms with Crippen LogP contribution in [0.4, 0.5) is 4.79 Å². The van der Waals surface area contributed by atoms with Crippen LogP contribution in [0.1, 0.15) is 84.7 Å². The first-order valence-electron chi connectivity index (χ1n) is 11.9. The number of carbonyl (C=O) groups excluding carboxylic acids is 2. The minimum absolute atomic E-state index is 0.178. The van der Waals surface area contributed by atoms with Crippen molar-refractivity contribution in [3.63, 3.8) is 0 Å². The maximum Gasteiger partial charge on any atom is 0.410 e. The number of ketones is 1. The van der Waals surface area contributed by atoms with Crippen molar-refractivity contribution >= 4 is 23.2 Å². The van der Waals surface area contributed by atoms with Gasteiger partial charge in [0.2, 0.25) is 0 Å². The monoisotopic (exact) mass is 501 g/mol. The zero-order valence-corrected chi connectivity index (χ0v) is 21.7. The minimum atomic E-state index is -0.846. The molecule has 7 nitrogen and oxygen atoms in total. The lowest BCUT2D eigenvalue weighted by Crippen LogP contribution is -2.17. The van der Waals surface area contributed by atoms with Crippen molar-refractivity contribution < 1.29 is 23.8 Å². The summed E-state index contributed by atoms with van der Waals surface area (Å²) in [7, 11) is 1.28. The SMILES string of the molecule is CCCCCc1ccc(C/C=C(/C)C(=O)c2c(O)cc(C(C)CC/C=C/NC(=O)OC)oc2=O)s1. The maximum absolute atomic E-state index is 12.9. The summed E-state index contributed by atoms with van der Waals surface area (Å²) in [6.07, 6.45) is 10.9. The van der Waals surface area contributed by atoms with Crippen molar-refractivity contribution in [2.24, 2.45) is 0 Å². The molecule has 35 heavy (non-hydrogen) atoms. The molecule has 1 atom stereocenters. The molecule has 1 amide bonds. The Bertz CT molecular complexity index is 1110. The average Bonchev–Trinajstić information content (AvgIpc) is 3.29. The first kappa shape index (κ1) is 28.1. The number of Topliss-reactive ketones (excluding diaryl/α,β-unsaturated/α-hetero) is 1. The fraction of sp³-hybridized carbons (Fsp3) is 0.444. The van der Waals surface area contributed by atoms with Crippen molar-refractivity contribution in [1.29, 1.82) is 0 Å². The number of carbonyl (C=O) groups is 2. The van der Waals surface area contributed by atoms with E-state index in [0.29, 0.717) is 30.6 Å². The number of methoxy groups -OCH3 is 1. The molecule has 0 saturated heterocycles. The van der Waals surface area contributed by atoms with Crippen LogP contribution >= 0.6 is 11.3 Å². The van der Waals surface area contributed by atoms with Crippen LogP contribution in [0.25, 0.3) is 0 Å². The van der Waals surface area contributed by atoms with E-state index in [-0.39, 0.29) is 17.2 Å². The normalized spacial score (nSPS) is 12.6. The average molecular weight is 502 g/mol. The molecule has 190 valence electrons. The fourth-order valence-corrected chi connectivity index (χ4v) is 4.49. The van der Waals surface area contributed by atoms with Crippen LogP contribution in [-0.2, 0) is 17.6 Å². The summed E-state index contributed by atoms with van der Waals surface area (Å²) in [5.74, 6) is -0.790. The van der Waals surface area contributed by atoms with E-state index in [0.717, 1.165) is 11.3 Å². The lowest BCUT2D eigenvalue weighted by atomic mass is 9.99. The summed E-state index contributed by atoms with van der Waals surface area (Å²) in [6.45, 7) is 5.68. The molecule has 2 N–H and O–H groups in total. The van der Waals surface area contributed by atoms with Crippen molar-refractivity contribution in [2.45, 2.75) is 71.6 Å². The second-order valence-electron chi connectivity index (χ2n) is 8.46. The first-order chi connectivity index (χ1) is 16.8. The van der Waals surface area contributed by atoms with Gasteiger partial charge in [-0.1, -0.05) is 38.8 Å². The quantitative estimate of drug-likeness (QED) is 0.190. The van der Waals surface area contributed by atoms with Crippen molar-refractivity contribution in [2.75, 3.05) is 7.11 Å². The Morgan fingerprint density at radius 1 is 1.26 bits per heavy atom.